The Bertz CT molecular complexity index is 734. The lowest BCUT2D eigenvalue weighted by molar-refractivity contribution is 0.477. The Morgan fingerprint density at radius 1 is 1.00 bits per heavy atom. The minimum Gasteiger partial charge on any atom is -0.456 e. The number of aromatic nitrogens is 3. The standard InChI is InChI=1S/C15H14FN3O/c1-10(2)15-18-17-14-8-7-13(9-19(14)15)20-12-5-3-11(16)4-6-12/h3-10H,1-2H3. The average Bonchev–Trinajstić information content (AvgIpc) is 2.84. The molecule has 0 unspecified atom stereocenters. The number of halogens is 1. The fraction of sp³-hybridized carbons (Fsp3) is 0.200. The second kappa shape index (κ2) is 4.92. The van der Waals surface area contributed by atoms with Gasteiger partial charge in [0.15, 0.2) is 5.65 Å². The molecule has 0 amide bonds. The van der Waals surface area contributed by atoms with Gasteiger partial charge in [0, 0.05) is 5.92 Å². The smallest absolute Gasteiger partial charge is 0.161 e. The van der Waals surface area contributed by atoms with Crippen molar-refractivity contribution in [2.45, 2.75) is 19.8 Å². The molecule has 0 fully saturated rings. The van der Waals surface area contributed by atoms with E-state index in [9.17, 15) is 4.39 Å². The van der Waals surface area contributed by atoms with Crippen molar-refractivity contribution >= 4 is 5.65 Å². The average molecular weight is 271 g/mol. The molecule has 2 heterocycles. The molecular weight excluding hydrogens is 257 g/mol. The quantitative estimate of drug-likeness (QED) is 0.727. The molecule has 0 radical (unpaired) electrons. The van der Waals surface area contributed by atoms with Crippen LogP contribution in [0.15, 0.2) is 42.6 Å². The normalized spacial score (nSPS) is 11.2. The van der Waals surface area contributed by atoms with Gasteiger partial charge in [0.25, 0.3) is 0 Å². The third-order valence-electron chi connectivity index (χ3n) is 2.97. The van der Waals surface area contributed by atoms with Gasteiger partial charge in [-0.3, -0.25) is 4.40 Å². The Kier molecular flexibility index (Phi) is 3.10. The van der Waals surface area contributed by atoms with E-state index >= 15 is 0 Å². The molecular formula is C15H14FN3O. The van der Waals surface area contributed by atoms with E-state index in [0.717, 1.165) is 11.5 Å². The van der Waals surface area contributed by atoms with Gasteiger partial charge in [-0.25, -0.2) is 4.39 Å². The van der Waals surface area contributed by atoms with Crippen molar-refractivity contribution in [1.82, 2.24) is 14.6 Å². The Morgan fingerprint density at radius 3 is 2.40 bits per heavy atom. The van der Waals surface area contributed by atoms with E-state index in [4.69, 9.17) is 4.74 Å². The predicted octanol–water partition coefficient (Wildman–Crippen LogP) is 3.78. The van der Waals surface area contributed by atoms with Crippen LogP contribution in [-0.2, 0) is 0 Å². The summed E-state index contributed by atoms with van der Waals surface area (Å²) < 4.78 is 20.5. The molecule has 0 saturated heterocycles. The molecule has 1 aromatic carbocycles. The lowest BCUT2D eigenvalue weighted by Gasteiger charge is -2.07. The molecule has 0 atom stereocenters. The molecule has 0 bridgehead atoms. The maximum Gasteiger partial charge on any atom is 0.161 e. The predicted molar refractivity (Wildman–Crippen MR) is 73.6 cm³/mol. The summed E-state index contributed by atoms with van der Waals surface area (Å²) in [4.78, 5) is 0. The van der Waals surface area contributed by atoms with Crippen LogP contribution in [0.3, 0.4) is 0 Å². The molecule has 3 rings (SSSR count). The Morgan fingerprint density at radius 2 is 1.70 bits per heavy atom. The first kappa shape index (κ1) is 12.6. The second-order valence-electron chi connectivity index (χ2n) is 4.86. The molecule has 0 aliphatic heterocycles. The van der Waals surface area contributed by atoms with Crippen LogP contribution in [0.4, 0.5) is 4.39 Å². The number of hydrogen-bond acceptors (Lipinski definition) is 3. The summed E-state index contributed by atoms with van der Waals surface area (Å²) in [6.07, 6.45) is 1.84. The van der Waals surface area contributed by atoms with Gasteiger partial charge >= 0.3 is 0 Å². The Labute approximate surface area is 115 Å². The van der Waals surface area contributed by atoms with Crippen LogP contribution in [0.25, 0.3) is 5.65 Å². The highest BCUT2D eigenvalue weighted by molar-refractivity contribution is 5.43. The molecule has 5 heteroatoms. The zero-order valence-corrected chi connectivity index (χ0v) is 11.2. The summed E-state index contributed by atoms with van der Waals surface area (Å²) in [5.41, 5.74) is 0.778. The van der Waals surface area contributed by atoms with Gasteiger partial charge in [-0.05, 0) is 36.4 Å². The zero-order chi connectivity index (χ0) is 14.1. The van der Waals surface area contributed by atoms with Gasteiger partial charge in [-0.15, -0.1) is 10.2 Å². The Hall–Kier alpha value is -2.43. The van der Waals surface area contributed by atoms with Crippen molar-refractivity contribution in [3.63, 3.8) is 0 Å². The van der Waals surface area contributed by atoms with E-state index in [1.807, 2.05) is 22.7 Å². The van der Waals surface area contributed by atoms with Crippen molar-refractivity contribution in [3.8, 4) is 11.5 Å². The zero-order valence-electron chi connectivity index (χ0n) is 11.2. The van der Waals surface area contributed by atoms with E-state index < -0.39 is 0 Å². The van der Waals surface area contributed by atoms with Crippen molar-refractivity contribution < 1.29 is 9.13 Å². The number of hydrogen-bond donors (Lipinski definition) is 0. The van der Waals surface area contributed by atoms with E-state index in [0.29, 0.717) is 11.5 Å². The fourth-order valence-corrected chi connectivity index (χ4v) is 1.98. The highest BCUT2D eigenvalue weighted by atomic mass is 19.1. The lowest BCUT2D eigenvalue weighted by atomic mass is 10.2. The first-order valence-corrected chi connectivity index (χ1v) is 6.41. The van der Waals surface area contributed by atoms with Crippen LogP contribution in [0.5, 0.6) is 11.5 Å². The van der Waals surface area contributed by atoms with E-state index in [1.54, 1.807) is 12.1 Å². The van der Waals surface area contributed by atoms with Crippen LogP contribution >= 0.6 is 0 Å². The van der Waals surface area contributed by atoms with Gasteiger partial charge in [-0.2, -0.15) is 0 Å². The van der Waals surface area contributed by atoms with Gasteiger partial charge in [-0.1, -0.05) is 13.8 Å². The number of fused-ring (bicyclic) bond motifs is 1. The van der Waals surface area contributed by atoms with E-state index in [1.165, 1.54) is 12.1 Å². The summed E-state index contributed by atoms with van der Waals surface area (Å²) in [7, 11) is 0. The van der Waals surface area contributed by atoms with Gasteiger partial charge < -0.3 is 4.74 Å². The third kappa shape index (κ3) is 2.34. The van der Waals surface area contributed by atoms with Crippen LogP contribution in [0.2, 0.25) is 0 Å². The number of nitrogens with zero attached hydrogens (tertiary/aromatic N) is 3. The van der Waals surface area contributed by atoms with E-state index in [2.05, 4.69) is 24.0 Å². The molecule has 0 N–H and O–H groups in total. The summed E-state index contributed by atoms with van der Waals surface area (Å²) >= 11 is 0. The van der Waals surface area contributed by atoms with E-state index in [-0.39, 0.29) is 11.7 Å². The van der Waals surface area contributed by atoms with Crippen LogP contribution < -0.4 is 4.74 Å². The summed E-state index contributed by atoms with van der Waals surface area (Å²) in [5.74, 6) is 2.11. The highest BCUT2D eigenvalue weighted by Crippen LogP contribution is 2.23. The fourth-order valence-electron chi connectivity index (χ4n) is 1.98. The van der Waals surface area contributed by atoms with Gasteiger partial charge in [0.1, 0.15) is 23.1 Å². The first-order chi connectivity index (χ1) is 9.63. The molecule has 0 aliphatic carbocycles. The van der Waals surface area contributed by atoms with Crippen LogP contribution in [0, 0.1) is 5.82 Å². The summed E-state index contributed by atoms with van der Waals surface area (Å²) in [5, 5.41) is 8.27. The molecule has 2 aromatic heterocycles. The van der Waals surface area contributed by atoms with Crippen molar-refractivity contribution in [3.05, 3.63) is 54.2 Å². The minimum atomic E-state index is -0.284. The maximum atomic E-state index is 12.9. The van der Waals surface area contributed by atoms with Crippen molar-refractivity contribution in [2.24, 2.45) is 0 Å². The monoisotopic (exact) mass is 271 g/mol. The topological polar surface area (TPSA) is 39.4 Å². The molecule has 102 valence electrons. The maximum absolute atomic E-state index is 12.9. The molecule has 4 nitrogen and oxygen atoms in total. The van der Waals surface area contributed by atoms with Crippen LogP contribution in [0.1, 0.15) is 25.6 Å². The molecule has 20 heavy (non-hydrogen) atoms. The minimum absolute atomic E-state index is 0.270. The highest BCUT2D eigenvalue weighted by Gasteiger charge is 2.10. The van der Waals surface area contributed by atoms with Crippen molar-refractivity contribution in [1.29, 1.82) is 0 Å². The number of ether oxygens (including phenoxy) is 1. The van der Waals surface area contributed by atoms with Crippen molar-refractivity contribution in [2.75, 3.05) is 0 Å². The molecule has 0 spiro atoms. The first-order valence-electron chi connectivity index (χ1n) is 6.41. The molecule has 0 saturated carbocycles. The largest absolute Gasteiger partial charge is 0.456 e. The second-order valence-corrected chi connectivity index (χ2v) is 4.86. The van der Waals surface area contributed by atoms with Gasteiger partial charge in [0.05, 0.1) is 6.20 Å². The number of benzene rings is 1. The SMILES string of the molecule is CC(C)c1nnc2ccc(Oc3ccc(F)cc3)cn12. The number of pyridine rings is 1. The summed E-state index contributed by atoms with van der Waals surface area (Å²) in [6.45, 7) is 4.12. The lowest BCUT2D eigenvalue weighted by Crippen LogP contribution is -1.97. The van der Waals surface area contributed by atoms with Gasteiger partial charge in [0.2, 0.25) is 0 Å². The number of rotatable bonds is 3. The van der Waals surface area contributed by atoms with Crippen LogP contribution in [-0.4, -0.2) is 14.6 Å². The molecule has 0 aliphatic rings. The molecule has 3 aromatic rings. The third-order valence-corrected chi connectivity index (χ3v) is 2.97. The summed E-state index contributed by atoms with van der Waals surface area (Å²) in [6, 6.07) is 9.58. The Balaban J connectivity index is 1.95.